The van der Waals surface area contributed by atoms with E-state index in [1.54, 1.807) is 6.92 Å². The van der Waals surface area contributed by atoms with Crippen LogP contribution in [0.5, 0.6) is 0 Å². The fraction of sp³-hybridized carbons (Fsp3) is 0.909. The average molecular weight is 397 g/mol. The predicted molar refractivity (Wildman–Crippen MR) is 116 cm³/mol. The zero-order valence-electron chi connectivity index (χ0n) is 18.8. The summed E-state index contributed by atoms with van der Waals surface area (Å²) in [6, 6.07) is 0.923. The first-order valence-electron chi connectivity index (χ1n) is 11.4. The highest BCUT2D eigenvalue weighted by Gasteiger charge is 2.45. The van der Waals surface area contributed by atoms with Crippen molar-refractivity contribution in [2.75, 3.05) is 45.8 Å². The molecule has 1 spiro atoms. The molecule has 3 aliphatic rings. The Morgan fingerprint density at radius 2 is 1.79 bits per heavy atom. The monoisotopic (exact) mass is 396 g/mol. The number of likely N-dealkylation sites (tertiary alicyclic amines) is 1. The lowest BCUT2D eigenvalue weighted by atomic mass is 9.85. The predicted octanol–water partition coefficient (Wildman–Crippen LogP) is 2.58. The summed E-state index contributed by atoms with van der Waals surface area (Å²) in [5.74, 6) is 0.381. The van der Waals surface area contributed by atoms with Gasteiger partial charge in [0.2, 0.25) is 11.8 Å². The summed E-state index contributed by atoms with van der Waals surface area (Å²) in [7, 11) is 0. The fourth-order valence-corrected chi connectivity index (χ4v) is 5.05. The molecule has 2 aliphatic heterocycles. The van der Waals surface area contributed by atoms with Crippen molar-refractivity contribution in [3.63, 3.8) is 0 Å². The van der Waals surface area contributed by atoms with E-state index >= 15 is 0 Å². The normalized spacial score (nSPS) is 28.5. The van der Waals surface area contributed by atoms with Crippen molar-refractivity contribution in [3.05, 3.63) is 0 Å². The molecule has 0 radical (unpaired) electrons. The molecule has 1 saturated carbocycles. The van der Waals surface area contributed by atoms with E-state index in [0.717, 1.165) is 71.5 Å². The number of hydrogen-bond donors (Lipinski definition) is 1. The molecule has 2 amide bonds. The van der Waals surface area contributed by atoms with Crippen molar-refractivity contribution >= 4 is 11.8 Å². The lowest BCUT2D eigenvalue weighted by Gasteiger charge is -2.37. The van der Waals surface area contributed by atoms with Gasteiger partial charge in [0.15, 0.2) is 0 Å². The molecule has 6 heteroatoms. The zero-order chi connectivity index (χ0) is 20.7. The van der Waals surface area contributed by atoms with Gasteiger partial charge >= 0.3 is 0 Å². The highest BCUT2D eigenvalue weighted by Crippen LogP contribution is 2.45. The molecule has 2 heterocycles. The van der Waals surface area contributed by atoms with Crippen LogP contribution < -0.4 is 5.32 Å². The summed E-state index contributed by atoms with van der Waals surface area (Å²) in [4.78, 5) is 31.0. The Bertz CT molecular complexity index is 523. The molecule has 6 nitrogen and oxygen atoms in total. The molecule has 0 aromatic rings. The van der Waals surface area contributed by atoms with Crippen LogP contribution in [0.1, 0.15) is 68.1 Å². The number of hydrogen-bond acceptors (Lipinski definition) is 4. The van der Waals surface area contributed by atoms with Crippen LogP contribution in [0.25, 0.3) is 0 Å². The van der Waals surface area contributed by atoms with Gasteiger partial charge in [0, 0.05) is 72.7 Å². The summed E-state index contributed by atoms with van der Waals surface area (Å²) in [6.07, 6.45) is 4.98. The van der Waals surface area contributed by atoms with E-state index in [4.69, 9.17) is 0 Å². The zero-order valence-corrected chi connectivity index (χ0v) is 18.8. The van der Waals surface area contributed by atoms with E-state index in [-0.39, 0.29) is 12.7 Å². The van der Waals surface area contributed by atoms with Crippen LogP contribution in [-0.2, 0) is 9.59 Å². The largest absolute Gasteiger partial charge is 0.354 e. The minimum Gasteiger partial charge on any atom is -0.354 e. The number of nitrogens with zero attached hydrogens (tertiary/aromatic N) is 3. The van der Waals surface area contributed by atoms with Gasteiger partial charge < -0.3 is 15.1 Å². The summed E-state index contributed by atoms with van der Waals surface area (Å²) in [6.45, 7) is 17.2. The number of carbonyl (C=O) groups excluding carboxylic acids is 2. The lowest BCUT2D eigenvalue weighted by molar-refractivity contribution is -0.131. The van der Waals surface area contributed by atoms with Crippen LogP contribution in [0.3, 0.4) is 0 Å². The van der Waals surface area contributed by atoms with E-state index < -0.39 is 0 Å². The number of amides is 2. The molecular weight excluding hydrogens is 352 g/mol. The van der Waals surface area contributed by atoms with E-state index in [9.17, 15) is 9.59 Å². The molecule has 2 unspecified atom stereocenters. The van der Waals surface area contributed by atoms with Crippen molar-refractivity contribution in [2.45, 2.75) is 78.8 Å². The Balaban J connectivity index is 0.00000136. The number of nitrogens with one attached hydrogen (secondary N) is 1. The van der Waals surface area contributed by atoms with Crippen LogP contribution in [0.2, 0.25) is 0 Å². The topological polar surface area (TPSA) is 55.9 Å². The number of rotatable bonds is 5. The molecule has 0 aromatic heterocycles. The summed E-state index contributed by atoms with van der Waals surface area (Å²) in [5.41, 5.74) is 0.256. The maximum Gasteiger partial charge on any atom is 0.223 e. The van der Waals surface area contributed by atoms with Crippen LogP contribution in [0.15, 0.2) is 0 Å². The molecule has 1 aliphatic carbocycles. The Morgan fingerprint density at radius 1 is 1.11 bits per heavy atom. The van der Waals surface area contributed by atoms with Gasteiger partial charge in [0.1, 0.15) is 0 Å². The molecule has 0 bridgehead atoms. The van der Waals surface area contributed by atoms with Crippen molar-refractivity contribution in [3.8, 4) is 0 Å². The van der Waals surface area contributed by atoms with E-state index in [1.165, 1.54) is 0 Å². The van der Waals surface area contributed by atoms with Crippen LogP contribution in [0.4, 0.5) is 0 Å². The highest BCUT2D eigenvalue weighted by molar-refractivity contribution is 5.76. The van der Waals surface area contributed by atoms with Crippen molar-refractivity contribution in [1.82, 2.24) is 20.0 Å². The van der Waals surface area contributed by atoms with Crippen molar-refractivity contribution in [2.24, 2.45) is 5.41 Å². The third-order valence-corrected chi connectivity index (χ3v) is 6.68. The average Bonchev–Trinajstić information content (AvgIpc) is 3.28. The summed E-state index contributed by atoms with van der Waals surface area (Å²) in [5, 5.41) is 3.06. The smallest absolute Gasteiger partial charge is 0.223 e. The first kappa shape index (κ1) is 23.1. The molecule has 164 valence electrons. The first-order valence-corrected chi connectivity index (χ1v) is 11.4. The van der Waals surface area contributed by atoms with Gasteiger partial charge in [0.25, 0.3) is 0 Å². The molecule has 28 heavy (non-hydrogen) atoms. The molecule has 2 atom stereocenters. The van der Waals surface area contributed by atoms with Crippen LogP contribution >= 0.6 is 0 Å². The second-order valence-corrected chi connectivity index (χ2v) is 8.93. The minimum absolute atomic E-state index is 0. The first-order chi connectivity index (χ1) is 13.4. The Morgan fingerprint density at radius 3 is 2.39 bits per heavy atom. The third kappa shape index (κ3) is 6.18. The molecular formula is C22H44N4O2. The Labute approximate surface area is 173 Å². The van der Waals surface area contributed by atoms with E-state index in [0.29, 0.717) is 24.4 Å². The van der Waals surface area contributed by atoms with E-state index in [2.05, 4.69) is 33.9 Å². The number of piperazine rings is 1. The van der Waals surface area contributed by atoms with Crippen LogP contribution in [0, 0.1) is 5.41 Å². The van der Waals surface area contributed by atoms with Crippen molar-refractivity contribution < 1.29 is 11.0 Å². The second-order valence-electron chi connectivity index (χ2n) is 8.93. The van der Waals surface area contributed by atoms with Crippen molar-refractivity contribution in [1.29, 1.82) is 0 Å². The van der Waals surface area contributed by atoms with Gasteiger partial charge in [-0.2, -0.15) is 0 Å². The summed E-state index contributed by atoms with van der Waals surface area (Å²) < 4.78 is 0. The molecule has 2 saturated heterocycles. The standard InChI is InChI=1S/C20H36N4O2.C2H6.H2/c1-16(2)23-12-10-22(11-13-23)8-5-19(26)24-9-7-20(15-24)6-4-18(14-20)21-17(3)25;1-2;/h16,18H,4-15H2,1-3H3,(H,21,25);1-2H3;1H. The lowest BCUT2D eigenvalue weighted by Crippen LogP contribution is -2.49. The maximum atomic E-state index is 12.7. The van der Waals surface area contributed by atoms with E-state index in [1.807, 2.05) is 13.8 Å². The van der Waals surface area contributed by atoms with Gasteiger partial charge in [0.05, 0.1) is 0 Å². The van der Waals surface area contributed by atoms with Gasteiger partial charge in [-0.25, -0.2) is 0 Å². The Kier molecular flexibility index (Phi) is 8.75. The Hall–Kier alpha value is -1.14. The second kappa shape index (κ2) is 10.6. The quantitative estimate of drug-likeness (QED) is 0.776. The van der Waals surface area contributed by atoms with Gasteiger partial charge in [-0.15, -0.1) is 0 Å². The molecule has 1 N–H and O–H groups in total. The summed E-state index contributed by atoms with van der Waals surface area (Å²) >= 11 is 0. The van der Waals surface area contributed by atoms with Gasteiger partial charge in [-0.3, -0.25) is 14.5 Å². The highest BCUT2D eigenvalue weighted by atomic mass is 16.2. The fourth-order valence-electron chi connectivity index (χ4n) is 5.05. The minimum atomic E-state index is 0. The molecule has 3 rings (SSSR count). The SMILES string of the molecule is CC.CC(=O)NC1CCC2(CCN(C(=O)CCN3CCN(C(C)C)CC3)C2)C1.[HH]. The third-order valence-electron chi connectivity index (χ3n) is 6.68. The number of carbonyl (C=O) groups is 2. The maximum absolute atomic E-state index is 12.7. The van der Waals surface area contributed by atoms with Gasteiger partial charge in [-0.05, 0) is 44.9 Å². The van der Waals surface area contributed by atoms with Crippen LogP contribution in [-0.4, -0.2) is 84.4 Å². The van der Waals surface area contributed by atoms with Gasteiger partial charge in [-0.1, -0.05) is 13.8 Å². The molecule has 3 fully saturated rings. The molecule has 0 aromatic carbocycles.